The smallest absolute Gasteiger partial charge is 0.191 e. The first-order valence-electron chi connectivity index (χ1n) is 5.73. The largest absolute Gasteiger partial charge is 0.309 e. The summed E-state index contributed by atoms with van der Waals surface area (Å²) in [5.41, 5.74) is 0. The van der Waals surface area contributed by atoms with Crippen molar-refractivity contribution in [2.75, 3.05) is 0 Å². The molecule has 1 heterocycles. The Morgan fingerprint density at radius 2 is 2.06 bits per heavy atom. The maximum atomic E-state index is 4.24. The third kappa shape index (κ3) is 3.37. The van der Waals surface area contributed by atoms with Gasteiger partial charge in [0.05, 0.1) is 0 Å². The molecular weight excluding hydrogens is 218 g/mol. The minimum atomic E-state index is 0.426. The lowest BCUT2D eigenvalue weighted by molar-refractivity contribution is 0.678. The number of allylic oxidation sites excluding steroid dienone is 1. The number of thioether (sulfide) groups is 1. The summed E-state index contributed by atoms with van der Waals surface area (Å²) >= 11 is 1.79. The van der Waals surface area contributed by atoms with Crippen molar-refractivity contribution in [3.63, 3.8) is 0 Å². The summed E-state index contributed by atoms with van der Waals surface area (Å²) in [6.45, 7) is 10.2. The predicted octanol–water partition coefficient (Wildman–Crippen LogP) is 3.39. The number of rotatable bonds is 6. The van der Waals surface area contributed by atoms with Crippen LogP contribution in [-0.2, 0) is 7.05 Å². The molecule has 90 valence electrons. The Bertz CT molecular complexity index is 344. The fourth-order valence-corrected chi connectivity index (χ4v) is 2.48. The lowest BCUT2D eigenvalue weighted by Crippen LogP contribution is -2.03. The summed E-state index contributed by atoms with van der Waals surface area (Å²) < 4.78 is 2.10. The van der Waals surface area contributed by atoms with Crippen molar-refractivity contribution in [1.29, 1.82) is 0 Å². The molecule has 1 aromatic heterocycles. The molecule has 1 rings (SSSR count). The molecule has 0 N–H and O–H groups in total. The van der Waals surface area contributed by atoms with E-state index in [4.69, 9.17) is 0 Å². The standard InChI is InChI=1S/C12H21N3S/c1-6-7-8-10(4)16-12-14-13-11(9(2)3)15(12)5/h6,9-10H,1,7-8H2,2-5H3/t10-/m0/s1. The van der Waals surface area contributed by atoms with Crippen LogP contribution in [0.4, 0.5) is 0 Å². The van der Waals surface area contributed by atoms with E-state index in [0.29, 0.717) is 11.2 Å². The third-order valence-electron chi connectivity index (χ3n) is 2.47. The molecule has 0 spiro atoms. The highest BCUT2D eigenvalue weighted by molar-refractivity contribution is 7.99. The molecule has 0 saturated carbocycles. The summed E-state index contributed by atoms with van der Waals surface area (Å²) in [6, 6.07) is 0. The van der Waals surface area contributed by atoms with Crippen molar-refractivity contribution in [2.24, 2.45) is 7.05 Å². The van der Waals surface area contributed by atoms with E-state index in [2.05, 4.69) is 42.1 Å². The van der Waals surface area contributed by atoms with E-state index in [-0.39, 0.29) is 0 Å². The van der Waals surface area contributed by atoms with Crippen molar-refractivity contribution in [3.05, 3.63) is 18.5 Å². The molecule has 16 heavy (non-hydrogen) atoms. The highest BCUT2D eigenvalue weighted by atomic mass is 32.2. The van der Waals surface area contributed by atoms with Crippen LogP contribution in [0.2, 0.25) is 0 Å². The fourth-order valence-electron chi connectivity index (χ4n) is 1.52. The van der Waals surface area contributed by atoms with E-state index < -0.39 is 0 Å². The zero-order valence-corrected chi connectivity index (χ0v) is 11.4. The first-order valence-corrected chi connectivity index (χ1v) is 6.61. The van der Waals surface area contributed by atoms with Gasteiger partial charge >= 0.3 is 0 Å². The fraction of sp³-hybridized carbons (Fsp3) is 0.667. The van der Waals surface area contributed by atoms with Crippen LogP contribution in [0.5, 0.6) is 0 Å². The Kier molecular flexibility index (Phi) is 5.06. The monoisotopic (exact) mass is 239 g/mol. The van der Waals surface area contributed by atoms with E-state index in [1.165, 1.54) is 0 Å². The lowest BCUT2D eigenvalue weighted by atomic mass is 10.2. The second-order valence-corrected chi connectivity index (χ2v) is 5.75. The van der Waals surface area contributed by atoms with Gasteiger partial charge in [0.2, 0.25) is 0 Å². The van der Waals surface area contributed by atoms with Gasteiger partial charge < -0.3 is 4.57 Å². The molecule has 0 aliphatic rings. The topological polar surface area (TPSA) is 30.7 Å². The maximum Gasteiger partial charge on any atom is 0.191 e. The van der Waals surface area contributed by atoms with Crippen LogP contribution in [0.25, 0.3) is 0 Å². The van der Waals surface area contributed by atoms with Crippen LogP contribution in [-0.4, -0.2) is 20.0 Å². The second kappa shape index (κ2) is 6.09. The zero-order chi connectivity index (χ0) is 12.1. The van der Waals surface area contributed by atoms with Crippen LogP contribution in [0.1, 0.15) is 45.4 Å². The van der Waals surface area contributed by atoms with E-state index in [0.717, 1.165) is 23.8 Å². The summed E-state index contributed by atoms with van der Waals surface area (Å²) in [4.78, 5) is 0. The van der Waals surface area contributed by atoms with Crippen molar-refractivity contribution < 1.29 is 0 Å². The Morgan fingerprint density at radius 3 is 2.56 bits per heavy atom. The third-order valence-corrected chi connectivity index (χ3v) is 3.67. The molecule has 0 bridgehead atoms. The van der Waals surface area contributed by atoms with Gasteiger partial charge in [-0.15, -0.1) is 16.8 Å². The molecule has 4 heteroatoms. The lowest BCUT2D eigenvalue weighted by Gasteiger charge is -2.10. The van der Waals surface area contributed by atoms with Gasteiger partial charge in [-0.25, -0.2) is 0 Å². The van der Waals surface area contributed by atoms with Crippen molar-refractivity contribution >= 4 is 11.8 Å². The van der Waals surface area contributed by atoms with Crippen LogP contribution in [0.3, 0.4) is 0 Å². The van der Waals surface area contributed by atoms with Gasteiger partial charge in [-0.05, 0) is 12.8 Å². The SMILES string of the molecule is C=CCC[C@H](C)Sc1nnc(C(C)C)n1C. The van der Waals surface area contributed by atoms with Gasteiger partial charge in [0.25, 0.3) is 0 Å². The Hall–Kier alpha value is -0.770. The van der Waals surface area contributed by atoms with Crippen LogP contribution < -0.4 is 0 Å². The number of nitrogens with zero attached hydrogens (tertiary/aromatic N) is 3. The Balaban J connectivity index is 2.63. The first kappa shape index (κ1) is 13.3. The molecule has 0 fully saturated rings. The van der Waals surface area contributed by atoms with E-state index in [1.54, 1.807) is 11.8 Å². The molecule has 0 aromatic carbocycles. The molecule has 0 aliphatic carbocycles. The molecule has 0 amide bonds. The minimum Gasteiger partial charge on any atom is -0.309 e. The first-order chi connectivity index (χ1) is 7.56. The highest BCUT2D eigenvalue weighted by Gasteiger charge is 2.14. The molecule has 1 atom stereocenters. The zero-order valence-electron chi connectivity index (χ0n) is 10.6. The number of hydrogen-bond acceptors (Lipinski definition) is 3. The van der Waals surface area contributed by atoms with Crippen molar-refractivity contribution in [1.82, 2.24) is 14.8 Å². The van der Waals surface area contributed by atoms with Gasteiger partial charge in [0.1, 0.15) is 5.82 Å². The van der Waals surface area contributed by atoms with E-state index in [9.17, 15) is 0 Å². The number of hydrogen-bond donors (Lipinski definition) is 0. The van der Waals surface area contributed by atoms with Gasteiger partial charge in [0, 0.05) is 18.2 Å². The van der Waals surface area contributed by atoms with Crippen molar-refractivity contribution in [2.45, 2.75) is 49.9 Å². The van der Waals surface area contributed by atoms with Crippen LogP contribution >= 0.6 is 11.8 Å². The van der Waals surface area contributed by atoms with Crippen LogP contribution in [0, 0.1) is 0 Å². The summed E-state index contributed by atoms with van der Waals surface area (Å²) in [5, 5.41) is 10.0. The molecule has 3 nitrogen and oxygen atoms in total. The van der Waals surface area contributed by atoms with Gasteiger partial charge in [-0.2, -0.15) is 0 Å². The molecule has 0 saturated heterocycles. The summed E-state index contributed by atoms with van der Waals surface area (Å²) in [6.07, 6.45) is 4.16. The Morgan fingerprint density at radius 1 is 1.38 bits per heavy atom. The molecule has 0 aliphatic heterocycles. The molecule has 0 unspecified atom stereocenters. The molecular formula is C12H21N3S. The summed E-state index contributed by atoms with van der Waals surface area (Å²) in [5.74, 6) is 1.48. The average molecular weight is 239 g/mol. The minimum absolute atomic E-state index is 0.426. The van der Waals surface area contributed by atoms with Gasteiger partial charge in [-0.3, -0.25) is 0 Å². The maximum absolute atomic E-state index is 4.24. The van der Waals surface area contributed by atoms with Crippen LogP contribution in [0.15, 0.2) is 17.8 Å². The summed E-state index contributed by atoms with van der Waals surface area (Å²) in [7, 11) is 2.04. The molecule has 0 radical (unpaired) electrons. The molecule has 1 aromatic rings. The predicted molar refractivity (Wildman–Crippen MR) is 69.8 cm³/mol. The highest BCUT2D eigenvalue weighted by Crippen LogP contribution is 2.25. The number of aromatic nitrogens is 3. The average Bonchev–Trinajstić information content (AvgIpc) is 2.57. The van der Waals surface area contributed by atoms with E-state index >= 15 is 0 Å². The Labute approximate surface area is 102 Å². The second-order valence-electron chi connectivity index (χ2n) is 4.35. The van der Waals surface area contributed by atoms with Gasteiger partial charge in [-0.1, -0.05) is 38.6 Å². The normalized spacial score (nSPS) is 13.1. The van der Waals surface area contributed by atoms with Crippen molar-refractivity contribution in [3.8, 4) is 0 Å². The van der Waals surface area contributed by atoms with Gasteiger partial charge in [0.15, 0.2) is 5.16 Å². The van der Waals surface area contributed by atoms with E-state index in [1.807, 2.05) is 13.1 Å². The quantitative estimate of drug-likeness (QED) is 0.563.